The second-order valence-electron chi connectivity index (χ2n) is 9.88. The molecule has 0 saturated carbocycles. The van der Waals surface area contributed by atoms with E-state index in [1.807, 2.05) is 19.2 Å². The summed E-state index contributed by atoms with van der Waals surface area (Å²) in [5.74, 6) is 0.934. The molecule has 0 atom stereocenters. The summed E-state index contributed by atoms with van der Waals surface area (Å²) in [4.78, 5) is 11.4. The molecule has 4 aromatic rings. The van der Waals surface area contributed by atoms with Gasteiger partial charge >= 0.3 is 0 Å². The lowest BCUT2D eigenvalue weighted by Crippen LogP contribution is -2.58. The summed E-state index contributed by atoms with van der Waals surface area (Å²) < 4.78 is 7.22. The van der Waals surface area contributed by atoms with E-state index < -0.39 is 0 Å². The number of nitrogens with one attached hydrogen (secondary N) is 2. The molecule has 3 aromatic heterocycles. The zero-order valence-electron chi connectivity index (χ0n) is 20.9. The molecule has 4 heterocycles. The van der Waals surface area contributed by atoms with Crippen LogP contribution in [0.1, 0.15) is 41.8 Å². The number of nitrogen functional groups attached to an aromatic ring is 1. The molecule has 0 aliphatic carbocycles. The summed E-state index contributed by atoms with van der Waals surface area (Å²) in [7, 11) is 0. The molecule has 0 unspecified atom stereocenters. The first-order chi connectivity index (χ1) is 16.9. The molecule has 9 nitrogen and oxygen atoms in total. The lowest BCUT2D eigenvalue weighted by Gasteiger charge is -2.40. The lowest BCUT2D eigenvalue weighted by molar-refractivity contribution is 0.113. The largest absolute Gasteiger partial charge is 0.368 e. The minimum absolute atomic E-state index is 0.243. The van der Waals surface area contributed by atoms with Gasteiger partial charge in [0.25, 0.3) is 0 Å². The minimum Gasteiger partial charge on any atom is -0.368 e. The van der Waals surface area contributed by atoms with Crippen LogP contribution in [0.3, 0.4) is 0 Å². The topological polar surface area (TPSA) is 110 Å². The fourth-order valence-corrected chi connectivity index (χ4v) is 4.78. The van der Waals surface area contributed by atoms with E-state index in [0.717, 1.165) is 48.5 Å². The maximum Gasteiger partial charge on any atom is 0.222 e. The van der Waals surface area contributed by atoms with Crippen molar-refractivity contribution in [3.05, 3.63) is 64.7 Å². The van der Waals surface area contributed by atoms with Gasteiger partial charge in [0.2, 0.25) is 5.95 Å². The van der Waals surface area contributed by atoms with Gasteiger partial charge in [0, 0.05) is 50.0 Å². The number of aryl methyl sites for hydroxylation is 2. The molecular weight excluding hydrogens is 440 g/mol. The maximum atomic E-state index is 5.98. The van der Waals surface area contributed by atoms with Crippen LogP contribution in [0.15, 0.2) is 41.2 Å². The van der Waals surface area contributed by atoms with Gasteiger partial charge < -0.3 is 25.5 Å². The molecule has 0 radical (unpaired) electrons. The Balaban J connectivity index is 1.31. The molecule has 5 rings (SSSR count). The molecule has 0 spiro atoms. The van der Waals surface area contributed by atoms with E-state index in [1.165, 1.54) is 16.7 Å². The van der Waals surface area contributed by atoms with Crippen LogP contribution >= 0.6 is 0 Å². The van der Waals surface area contributed by atoms with E-state index in [2.05, 4.69) is 74.2 Å². The number of nitrogens with zero attached hydrogens (tertiary/aromatic N) is 5. The SMILES string of the molecule is Cc1cc(CN2CC(NC(C)C)C2)ccc1Cn1ccc2nc(N)nc(NCc3nocc3C)c21. The maximum absolute atomic E-state index is 5.98. The smallest absolute Gasteiger partial charge is 0.222 e. The molecule has 184 valence electrons. The molecule has 0 amide bonds. The minimum atomic E-state index is 0.243. The number of fused-ring (bicyclic) bond motifs is 1. The van der Waals surface area contributed by atoms with E-state index in [4.69, 9.17) is 10.3 Å². The molecule has 1 saturated heterocycles. The van der Waals surface area contributed by atoms with Gasteiger partial charge in [0.05, 0.1) is 12.1 Å². The molecule has 4 N–H and O–H groups in total. The van der Waals surface area contributed by atoms with Gasteiger partial charge in [-0.1, -0.05) is 37.2 Å². The Labute approximate surface area is 205 Å². The molecule has 1 fully saturated rings. The summed E-state index contributed by atoms with van der Waals surface area (Å²) >= 11 is 0. The summed E-state index contributed by atoms with van der Waals surface area (Å²) in [6.45, 7) is 13.0. The van der Waals surface area contributed by atoms with Crippen molar-refractivity contribution in [3.8, 4) is 0 Å². The van der Waals surface area contributed by atoms with Crippen molar-refractivity contribution in [2.45, 2.75) is 59.4 Å². The monoisotopic (exact) mass is 474 g/mol. The third-order valence-corrected chi connectivity index (χ3v) is 6.58. The van der Waals surface area contributed by atoms with Gasteiger partial charge in [-0.05, 0) is 36.6 Å². The van der Waals surface area contributed by atoms with E-state index in [9.17, 15) is 0 Å². The Bertz CT molecular complexity index is 1320. The second-order valence-corrected chi connectivity index (χ2v) is 9.88. The third-order valence-electron chi connectivity index (χ3n) is 6.58. The lowest BCUT2D eigenvalue weighted by atomic mass is 10.0. The van der Waals surface area contributed by atoms with Gasteiger partial charge in [0.15, 0.2) is 5.82 Å². The van der Waals surface area contributed by atoms with Gasteiger partial charge in [0.1, 0.15) is 17.5 Å². The highest BCUT2D eigenvalue weighted by molar-refractivity contribution is 5.87. The predicted octanol–water partition coefficient (Wildman–Crippen LogP) is 3.46. The number of nitrogens with two attached hydrogens (primary N) is 1. The van der Waals surface area contributed by atoms with Crippen LogP contribution in [0.25, 0.3) is 11.0 Å². The van der Waals surface area contributed by atoms with E-state index >= 15 is 0 Å². The molecular formula is C26H34N8O. The van der Waals surface area contributed by atoms with Crippen LogP contribution in [-0.2, 0) is 19.6 Å². The van der Waals surface area contributed by atoms with Crippen LogP contribution in [-0.4, -0.2) is 49.8 Å². The summed E-state index contributed by atoms with van der Waals surface area (Å²) in [6.07, 6.45) is 3.68. The number of benzene rings is 1. The van der Waals surface area contributed by atoms with Crippen LogP contribution < -0.4 is 16.4 Å². The van der Waals surface area contributed by atoms with Crippen LogP contribution in [0.5, 0.6) is 0 Å². The van der Waals surface area contributed by atoms with Crippen LogP contribution in [0, 0.1) is 13.8 Å². The molecule has 1 aliphatic rings. The zero-order valence-corrected chi connectivity index (χ0v) is 20.9. The van der Waals surface area contributed by atoms with Crippen molar-refractivity contribution >= 4 is 22.8 Å². The average Bonchev–Trinajstić information content (AvgIpc) is 3.37. The highest BCUT2D eigenvalue weighted by Crippen LogP contribution is 2.25. The first-order valence-electron chi connectivity index (χ1n) is 12.2. The Morgan fingerprint density at radius 3 is 2.66 bits per heavy atom. The third kappa shape index (κ3) is 5.16. The van der Waals surface area contributed by atoms with Crippen molar-refractivity contribution in [3.63, 3.8) is 0 Å². The van der Waals surface area contributed by atoms with Gasteiger partial charge in [-0.25, -0.2) is 4.98 Å². The Hall–Kier alpha value is -3.43. The van der Waals surface area contributed by atoms with Crippen LogP contribution in [0.4, 0.5) is 11.8 Å². The quantitative estimate of drug-likeness (QED) is 0.338. The van der Waals surface area contributed by atoms with Crippen molar-refractivity contribution < 1.29 is 4.52 Å². The fraction of sp³-hybridized carbons (Fsp3) is 0.423. The Kier molecular flexibility index (Phi) is 6.44. The normalized spacial score (nSPS) is 14.7. The predicted molar refractivity (Wildman–Crippen MR) is 138 cm³/mol. The number of hydrogen-bond acceptors (Lipinski definition) is 8. The highest BCUT2D eigenvalue weighted by atomic mass is 16.5. The van der Waals surface area contributed by atoms with Crippen molar-refractivity contribution in [2.75, 3.05) is 24.1 Å². The molecule has 1 aromatic carbocycles. The van der Waals surface area contributed by atoms with Gasteiger partial charge in [-0.2, -0.15) is 4.98 Å². The Morgan fingerprint density at radius 1 is 1.11 bits per heavy atom. The van der Waals surface area contributed by atoms with Crippen LogP contribution in [0.2, 0.25) is 0 Å². The highest BCUT2D eigenvalue weighted by Gasteiger charge is 2.26. The summed E-state index contributed by atoms with van der Waals surface area (Å²) in [6, 6.07) is 9.94. The van der Waals surface area contributed by atoms with Crippen molar-refractivity contribution in [1.29, 1.82) is 0 Å². The Morgan fingerprint density at radius 2 is 1.94 bits per heavy atom. The standard InChI is InChI=1S/C26H34N8O/c1-16(2)29-21-13-33(14-21)11-19-5-6-20(17(3)9-19)12-34-8-7-22-24(34)25(31-26(27)30-22)28-10-23-18(4)15-35-32-23/h5-9,15-16,21,29H,10-14H2,1-4H3,(H3,27,28,30,31). The second kappa shape index (κ2) is 9.67. The number of rotatable bonds is 9. The van der Waals surface area contributed by atoms with E-state index in [0.29, 0.717) is 24.4 Å². The number of aromatic nitrogens is 4. The molecule has 35 heavy (non-hydrogen) atoms. The molecule has 1 aliphatic heterocycles. The van der Waals surface area contributed by atoms with E-state index in [-0.39, 0.29) is 5.95 Å². The molecule has 9 heteroatoms. The number of anilines is 2. The zero-order chi connectivity index (χ0) is 24.5. The first kappa shape index (κ1) is 23.3. The first-order valence-corrected chi connectivity index (χ1v) is 12.2. The number of hydrogen-bond donors (Lipinski definition) is 3. The fourth-order valence-electron chi connectivity index (χ4n) is 4.78. The van der Waals surface area contributed by atoms with Crippen molar-refractivity contribution in [1.82, 2.24) is 29.9 Å². The summed E-state index contributed by atoms with van der Waals surface area (Å²) in [5, 5.41) is 11.0. The van der Waals surface area contributed by atoms with Gasteiger partial charge in [-0.3, -0.25) is 4.90 Å². The number of likely N-dealkylation sites (tertiary alicyclic amines) is 1. The average molecular weight is 475 g/mol. The van der Waals surface area contributed by atoms with Gasteiger partial charge in [-0.15, -0.1) is 0 Å². The molecule has 0 bridgehead atoms. The van der Waals surface area contributed by atoms with Crippen molar-refractivity contribution in [2.24, 2.45) is 0 Å². The van der Waals surface area contributed by atoms with E-state index in [1.54, 1.807) is 6.26 Å². The summed E-state index contributed by atoms with van der Waals surface area (Å²) in [5.41, 5.74) is 13.5.